The van der Waals surface area contributed by atoms with Crippen LogP contribution in [0.4, 0.5) is 0 Å². The second-order valence-electron chi connectivity index (χ2n) is 12.8. The minimum atomic E-state index is -1.58. The van der Waals surface area contributed by atoms with Gasteiger partial charge in [0, 0.05) is 13.3 Å². The van der Waals surface area contributed by atoms with Crippen molar-refractivity contribution in [3.63, 3.8) is 0 Å². The Morgan fingerprint density at radius 1 is 0.644 bits per heavy atom. The third-order valence-corrected chi connectivity index (χ3v) is 8.55. The van der Waals surface area contributed by atoms with Crippen LogP contribution in [0, 0.1) is 0 Å². The number of hydrogen-bond acceptors (Lipinski definition) is 10. The molecule has 0 saturated carbocycles. The lowest BCUT2D eigenvalue weighted by atomic mass is 9.99. The smallest absolute Gasteiger partial charge is 0.306 e. The molecule has 0 bridgehead atoms. The second kappa shape index (κ2) is 27.8. The molecule has 1 rings (SSSR count). The van der Waals surface area contributed by atoms with Crippen molar-refractivity contribution >= 4 is 11.9 Å². The fraction of sp³-hybridized carbons (Fsp3) is 0.943. The number of aliphatic hydroxyl groups excluding tert-OH is 4. The minimum Gasteiger partial charge on any atom is -0.462 e. The zero-order valence-corrected chi connectivity index (χ0v) is 28.4. The fourth-order valence-corrected chi connectivity index (χ4v) is 5.68. The van der Waals surface area contributed by atoms with E-state index < -0.39 is 55.4 Å². The van der Waals surface area contributed by atoms with Crippen molar-refractivity contribution in [2.45, 2.75) is 192 Å². The highest BCUT2D eigenvalue weighted by atomic mass is 16.7. The van der Waals surface area contributed by atoms with E-state index in [0.29, 0.717) is 6.42 Å². The van der Waals surface area contributed by atoms with Crippen molar-refractivity contribution in [2.24, 2.45) is 0 Å². The normalized spacial score (nSPS) is 22.3. The van der Waals surface area contributed by atoms with Gasteiger partial charge in [-0.1, -0.05) is 135 Å². The summed E-state index contributed by atoms with van der Waals surface area (Å²) >= 11 is 0. The van der Waals surface area contributed by atoms with E-state index in [2.05, 4.69) is 6.92 Å². The second-order valence-corrected chi connectivity index (χ2v) is 12.8. The van der Waals surface area contributed by atoms with Crippen LogP contribution >= 0.6 is 0 Å². The Labute approximate surface area is 272 Å². The summed E-state index contributed by atoms with van der Waals surface area (Å²) in [6.45, 7) is 2.40. The maximum Gasteiger partial charge on any atom is 0.306 e. The molecule has 10 nitrogen and oxygen atoms in total. The van der Waals surface area contributed by atoms with Crippen LogP contribution in [0.15, 0.2) is 0 Å². The van der Waals surface area contributed by atoms with Gasteiger partial charge in [0.2, 0.25) is 0 Å². The third-order valence-electron chi connectivity index (χ3n) is 8.55. The summed E-state index contributed by atoms with van der Waals surface area (Å²) in [7, 11) is 0. The number of carbonyl (C=O) groups excluding carboxylic acids is 2. The van der Waals surface area contributed by atoms with Crippen LogP contribution in [0.1, 0.15) is 155 Å². The summed E-state index contributed by atoms with van der Waals surface area (Å²) in [5, 5.41) is 39.3. The number of hydrogen-bond donors (Lipinski definition) is 4. The molecule has 0 amide bonds. The first-order valence-electron chi connectivity index (χ1n) is 18.0. The lowest BCUT2D eigenvalue weighted by Crippen LogP contribution is -2.59. The summed E-state index contributed by atoms with van der Waals surface area (Å²) < 4.78 is 21.2. The lowest BCUT2D eigenvalue weighted by molar-refractivity contribution is -0.305. The Hall–Kier alpha value is -1.30. The Bertz CT molecular complexity index is 719. The SMILES string of the molecule is CCCCCCCCCCCCCCCCCCCCCCCC(=O)OC(COC(C)=O)COC1OC(CO)C(O)C(O)C1O. The molecular formula is C35H66O10. The summed E-state index contributed by atoms with van der Waals surface area (Å²) in [6.07, 6.45) is 19.3. The van der Waals surface area contributed by atoms with E-state index in [0.717, 1.165) is 19.3 Å². The van der Waals surface area contributed by atoms with E-state index in [1.54, 1.807) is 0 Å². The topological polar surface area (TPSA) is 152 Å². The number of aliphatic hydroxyl groups is 4. The molecule has 1 fully saturated rings. The fourth-order valence-electron chi connectivity index (χ4n) is 5.68. The quantitative estimate of drug-likeness (QED) is 0.0573. The minimum absolute atomic E-state index is 0.232. The molecule has 0 aromatic carbocycles. The van der Waals surface area contributed by atoms with Gasteiger partial charge in [-0.2, -0.15) is 0 Å². The van der Waals surface area contributed by atoms with E-state index in [-0.39, 0.29) is 19.6 Å². The monoisotopic (exact) mass is 646 g/mol. The highest BCUT2D eigenvalue weighted by Gasteiger charge is 2.44. The molecule has 6 unspecified atom stereocenters. The molecule has 0 aliphatic carbocycles. The van der Waals surface area contributed by atoms with Crippen molar-refractivity contribution in [1.82, 2.24) is 0 Å². The van der Waals surface area contributed by atoms with Crippen molar-refractivity contribution in [2.75, 3.05) is 19.8 Å². The standard InChI is InChI=1S/C35H66O10/c1-3-4-5-6-7-8-9-10-11-12-13-14-15-16-17-18-19-20-21-22-23-24-31(38)44-29(26-42-28(2)37)27-43-35-34(41)33(40)32(39)30(25-36)45-35/h29-30,32-36,39-41H,3-27H2,1-2H3. The number of ether oxygens (including phenoxy) is 4. The molecule has 6 atom stereocenters. The molecular weight excluding hydrogens is 580 g/mol. The molecule has 1 aliphatic heterocycles. The van der Waals surface area contributed by atoms with Gasteiger partial charge in [-0.05, 0) is 6.42 Å². The van der Waals surface area contributed by atoms with Crippen LogP contribution in [0.25, 0.3) is 0 Å². The predicted molar refractivity (Wildman–Crippen MR) is 173 cm³/mol. The maximum atomic E-state index is 12.4. The van der Waals surface area contributed by atoms with Gasteiger partial charge in [-0.25, -0.2) is 0 Å². The summed E-state index contributed by atoms with van der Waals surface area (Å²) in [6, 6.07) is 0. The van der Waals surface area contributed by atoms with Crippen molar-refractivity contribution in [1.29, 1.82) is 0 Å². The van der Waals surface area contributed by atoms with Crippen LogP contribution in [0.2, 0.25) is 0 Å². The van der Waals surface area contributed by atoms with Gasteiger partial charge >= 0.3 is 11.9 Å². The Kier molecular flexibility index (Phi) is 25.8. The molecule has 266 valence electrons. The molecule has 45 heavy (non-hydrogen) atoms. The van der Waals surface area contributed by atoms with E-state index in [1.807, 2.05) is 0 Å². The number of esters is 2. The molecule has 1 heterocycles. The van der Waals surface area contributed by atoms with Crippen LogP contribution in [-0.4, -0.2) is 89.0 Å². The van der Waals surface area contributed by atoms with Gasteiger partial charge in [0.25, 0.3) is 0 Å². The third kappa shape index (κ3) is 21.2. The van der Waals surface area contributed by atoms with Crippen molar-refractivity contribution in [3.8, 4) is 0 Å². The predicted octanol–water partition coefficient (Wildman–Crippen LogP) is 5.88. The average molecular weight is 647 g/mol. The van der Waals surface area contributed by atoms with E-state index in [9.17, 15) is 30.0 Å². The summed E-state index contributed by atoms with van der Waals surface area (Å²) in [5.74, 6) is -0.990. The van der Waals surface area contributed by atoms with Crippen molar-refractivity contribution in [3.05, 3.63) is 0 Å². The van der Waals surface area contributed by atoms with Gasteiger partial charge < -0.3 is 39.4 Å². The number of unbranched alkanes of at least 4 members (excludes halogenated alkanes) is 20. The highest BCUT2D eigenvalue weighted by molar-refractivity contribution is 5.69. The first kappa shape index (κ1) is 41.7. The zero-order valence-electron chi connectivity index (χ0n) is 28.4. The first-order chi connectivity index (χ1) is 21.8. The Balaban J connectivity index is 2.04. The molecule has 1 aliphatic rings. The van der Waals surface area contributed by atoms with Crippen molar-refractivity contribution < 1.29 is 49.0 Å². The van der Waals surface area contributed by atoms with Crippen LogP contribution < -0.4 is 0 Å². The number of rotatable bonds is 29. The number of carbonyl (C=O) groups is 2. The molecule has 10 heteroatoms. The van der Waals surface area contributed by atoms with Gasteiger partial charge in [0.05, 0.1) is 13.2 Å². The van der Waals surface area contributed by atoms with E-state index in [4.69, 9.17) is 18.9 Å². The zero-order chi connectivity index (χ0) is 33.1. The summed E-state index contributed by atoms with van der Waals surface area (Å²) in [5.41, 5.74) is 0. The van der Waals surface area contributed by atoms with Gasteiger partial charge in [0.15, 0.2) is 12.4 Å². The average Bonchev–Trinajstić information content (AvgIpc) is 3.02. The maximum absolute atomic E-state index is 12.4. The molecule has 0 aromatic heterocycles. The Morgan fingerprint density at radius 2 is 1.09 bits per heavy atom. The Morgan fingerprint density at radius 3 is 1.51 bits per heavy atom. The van der Waals surface area contributed by atoms with Crippen LogP contribution in [0.5, 0.6) is 0 Å². The first-order valence-corrected chi connectivity index (χ1v) is 18.0. The largest absolute Gasteiger partial charge is 0.462 e. The van der Waals surface area contributed by atoms with E-state index >= 15 is 0 Å². The molecule has 0 spiro atoms. The van der Waals surface area contributed by atoms with E-state index in [1.165, 1.54) is 116 Å². The van der Waals surface area contributed by atoms with Gasteiger partial charge in [-0.3, -0.25) is 9.59 Å². The van der Waals surface area contributed by atoms with Crippen LogP contribution in [0.3, 0.4) is 0 Å². The molecule has 1 saturated heterocycles. The van der Waals surface area contributed by atoms with Crippen LogP contribution in [-0.2, 0) is 28.5 Å². The van der Waals surface area contributed by atoms with Gasteiger partial charge in [-0.15, -0.1) is 0 Å². The lowest BCUT2D eigenvalue weighted by Gasteiger charge is -2.39. The summed E-state index contributed by atoms with van der Waals surface area (Å²) in [4.78, 5) is 23.7. The highest BCUT2D eigenvalue weighted by Crippen LogP contribution is 2.22. The molecule has 0 radical (unpaired) electrons. The van der Waals surface area contributed by atoms with Gasteiger partial charge in [0.1, 0.15) is 31.0 Å². The molecule has 4 N–H and O–H groups in total. The molecule has 0 aromatic rings.